The molecule has 1 aliphatic heterocycles. The molecule has 1 aromatic heterocycles. The van der Waals surface area contributed by atoms with E-state index in [0.717, 1.165) is 11.3 Å². The van der Waals surface area contributed by atoms with E-state index < -0.39 is 10.0 Å². The van der Waals surface area contributed by atoms with E-state index in [0.29, 0.717) is 33.6 Å². The summed E-state index contributed by atoms with van der Waals surface area (Å²) < 4.78 is 27.0. The third-order valence-corrected chi connectivity index (χ3v) is 7.41. The molecule has 0 spiro atoms. The summed E-state index contributed by atoms with van der Waals surface area (Å²) in [6.45, 7) is 3.30. The standard InChI is InChI=1S/C10H13BrClNO2S2/c1-7-2-3-13(6-7)17(14,15)9-4-8(5-12)16-10(9)11/h4,7H,2-3,5-6H2,1H3. The molecule has 1 fully saturated rings. The van der Waals surface area contributed by atoms with Crippen LogP contribution in [0.25, 0.3) is 0 Å². The van der Waals surface area contributed by atoms with Crippen LogP contribution >= 0.6 is 38.9 Å². The first-order valence-electron chi connectivity index (χ1n) is 5.29. The Morgan fingerprint density at radius 3 is 2.82 bits per heavy atom. The SMILES string of the molecule is CC1CCN(S(=O)(=O)c2cc(CCl)sc2Br)C1. The Morgan fingerprint density at radius 1 is 1.65 bits per heavy atom. The van der Waals surface area contributed by atoms with Gasteiger partial charge in [-0.1, -0.05) is 6.92 Å². The van der Waals surface area contributed by atoms with Crippen molar-refractivity contribution in [3.8, 4) is 0 Å². The van der Waals surface area contributed by atoms with Gasteiger partial charge in [-0.2, -0.15) is 4.31 Å². The van der Waals surface area contributed by atoms with E-state index in [4.69, 9.17) is 11.6 Å². The summed E-state index contributed by atoms with van der Waals surface area (Å²) >= 11 is 10.4. The highest BCUT2D eigenvalue weighted by Crippen LogP contribution is 2.35. The maximum atomic E-state index is 12.4. The first-order chi connectivity index (χ1) is 7.95. The van der Waals surface area contributed by atoms with Gasteiger partial charge in [0.15, 0.2) is 0 Å². The van der Waals surface area contributed by atoms with Crippen LogP contribution in [0.3, 0.4) is 0 Å². The summed E-state index contributed by atoms with van der Waals surface area (Å²) in [6.07, 6.45) is 0.934. The molecule has 0 bridgehead atoms. The molecule has 1 aromatic rings. The van der Waals surface area contributed by atoms with E-state index >= 15 is 0 Å². The van der Waals surface area contributed by atoms with Gasteiger partial charge in [-0.05, 0) is 34.3 Å². The van der Waals surface area contributed by atoms with Crippen molar-refractivity contribution in [2.75, 3.05) is 13.1 Å². The summed E-state index contributed by atoms with van der Waals surface area (Å²) in [6, 6.07) is 1.67. The third-order valence-electron chi connectivity index (χ3n) is 2.84. The van der Waals surface area contributed by atoms with Crippen molar-refractivity contribution < 1.29 is 8.42 Å². The van der Waals surface area contributed by atoms with Crippen LogP contribution < -0.4 is 0 Å². The highest BCUT2D eigenvalue weighted by atomic mass is 79.9. The van der Waals surface area contributed by atoms with E-state index in [1.165, 1.54) is 11.3 Å². The minimum Gasteiger partial charge on any atom is -0.207 e. The van der Waals surface area contributed by atoms with Crippen LogP contribution in [0.5, 0.6) is 0 Å². The molecule has 1 aliphatic rings. The maximum absolute atomic E-state index is 12.4. The average Bonchev–Trinajstić information content (AvgIpc) is 2.85. The Bertz CT molecular complexity index is 514. The number of thiophene rings is 1. The Kier molecular flexibility index (Phi) is 4.20. The average molecular weight is 359 g/mol. The zero-order valence-corrected chi connectivity index (χ0v) is 13.3. The molecule has 0 aliphatic carbocycles. The molecule has 1 atom stereocenters. The normalized spacial score (nSPS) is 22.2. The Balaban J connectivity index is 2.34. The Hall–Kier alpha value is 0.380. The molecule has 2 heterocycles. The molecule has 0 aromatic carbocycles. The van der Waals surface area contributed by atoms with Crippen LogP contribution in [0.1, 0.15) is 18.2 Å². The van der Waals surface area contributed by atoms with Gasteiger partial charge in [0.05, 0.1) is 9.67 Å². The zero-order chi connectivity index (χ0) is 12.6. The van der Waals surface area contributed by atoms with Crippen molar-refractivity contribution in [3.05, 3.63) is 14.7 Å². The molecule has 0 amide bonds. The molecule has 1 saturated heterocycles. The van der Waals surface area contributed by atoms with Gasteiger partial charge >= 0.3 is 0 Å². The van der Waals surface area contributed by atoms with Crippen LogP contribution in [0.4, 0.5) is 0 Å². The lowest BCUT2D eigenvalue weighted by molar-refractivity contribution is 0.464. The molecular formula is C10H13BrClNO2S2. The van der Waals surface area contributed by atoms with Crippen molar-refractivity contribution in [2.45, 2.75) is 24.1 Å². The molecule has 2 rings (SSSR count). The number of halogens is 2. The van der Waals surface area contributed by atoms with Crippen molar-refractivity contribution in [3.63, 3.8) is 0 Å². The molecule has 0 N–H and O–H groups in total. The third kappa shape index (κ3) is 2.71. The zero-order valence-electron chi connectivity index (χ0n) is 9.32. The molecule has 96 valence electrons. The summed E-state index contributed by atoms with van der Waals surface area (Å²) in [5.74, 6) is 0.782. The van der Waals surface area contributed by atoms with Gasteiger partial charge in [-0.3, -0.25) is 0 Å². The van der Waals surface area contributed by atoms with Crippen LogP contribution in [-0.4, -0.2) is 25.8 Å². The summed E-state index contributed by atoms with van der Waals surface area (Å²) in [5, 5.41) is 0. The quantitative estimate of drug-likeness (QED) is 0.778. The second kappa shape index (κ2) is 5.17. The topological polar surface area (TPSA) is 37.4 Å². The fraction of sp³-hybridized carbons (Fsp3) is 0.600. The Labute approximate surface area is 119 Å². The molecule has 7 heteroatoms. The van der Waals surface area contributed by atoms with Crippen LogP contribution in [-0.2, 0) is 15.9 Å². The first-order valence-corrected chi connectivity index (χ1v) is 8.88. The predicted octanol–water partition coefficient (Wildman–Crippen LogP) is 3.28. The highest BCUT2D eigenvalue weighted by Gasteiger charge is 2.32. The smallest absolute Gasteiger partial charge is 0.207 e. The molecule has 0 saturated carbocycles. The van der Waals surface area contributed by atoms with Gasteiger partial charge in [0.2, 0.25) is 10.0 Å². The minimum absolute atomic E-state index is 0.342. The number of hydrogen-bond donors (Lipinski definition) is 0. The van der Waals surface area contributed by atoms with E-state index in [1.807, 2.05) is 0 Å². The van der Waals surface area contributed by atoms with Gasteiger partial charge in [0.1, 0.15) is 4.90 Å². The van der Waals surface area contributed by atoms with E-state index in [9.17, 15) is 8.42 Å². The van der Waals surface area contributed by atoms with Gasteiger partial charge in [-0.15, -0.1) is 22.9 Å². The summed E-state index contributed by atoms with van der Waals surface area (Å²) in [4.78, 5) is 1.22. The number of hydrogen-bond acceptors (Lipinski definition) is 3. The van der Waals surface area contributed by atoms with Crippen LogP contribution in [0.15, 0.2) is 14.7 Å². The van der Waals surface area contributed by atoms with Crippen molar-refractivity contribution >= 4 is 48.9 Å². The summed E-state index contributed by atoms with van der Waals surface area (Å²) in [5.41, 5.74) is 0. The molecular weight excluding hydrogens is 346 g/mol. The number of alkyl halides is 1. The van der Waals surface area contributed by atoms with Gasteiger partial charge < -0.3 is 0 Å². The Morgan fingerprint density at radius 2 is 2.35 bits per heavy atom. The van der Waals surface area contributed by atoms with Crippen molar-refractivity contribution in [1.82, 2.24) is 4.31 Å². The molecule has 17 heavy (non-hydrogen) atoms. The first kappa shape index (κ1) is 13.8. The minimum atomic E-state index is -3.35. The highest BCUT2D eigenvalue weighted by molar-refractivity contribution is 9.11. The van der Waals surface area contributed by atoms with Gasteiger partial charge in [-0.25, -0.2) is 8.42 Å². The fourth-order valence-corrected chi connectivity index (χ4v) is 6.19. The number of nitrogens with zero attached hydrogens (tertiary/aromatic N) is 1. The van der Waals surface area contributed by atoms with Gasteiger partial charge in [0.25, 0.3) is 0 Å². The molecule has 1 unspecified atom stereocenters. The lowest BCUT2D eigenvalue weighted by atomic mass is 10.2. The second-order valence-electron chi connectivity index (χ2n) is 4.24. The van der Waals surface area contributed by atoms with Crippen molar-refractivity contribution in [2.24, 2.45) is 5.92 Å². The molecule has 3 nitrogen and oxygen atoms in total. The van der Waals surface area contributed by atoms with Crippen LogP contribution in [0.2, 0.25) is 0 Å². The van der Waals surface area contributed by atoms with Crippen molar-refractivity contribution in [1.29, 1.82) is 0 Å². The lowest BCUT2D eigenvalue weighted by Crippen LogP contribution is -2.28. The molecule has 0 radical (unpaired) electrons. The van der Waals surface area contributed by atoms with E-state index in [2.05, 4.69) is 22.9 Å². The largest absolute Gasteiger partial charge is 0.245 e. The number of rotatable bonds is 3. The number of sulfonamides is 1. The van der Waals surface area contributed by atoms with Gasteiger partial charge in [0, 0.05) is 18.0 Å². The fourth-order valence-electron chi connectivity index (χ4n) is 1.89. The van der Waals surface area contributed by atoms with E-state index in [1.54, 1.807) is 10.4 Å². The maximum Gasteiger partial charge on any atom is 0.245 e. The van der Waals surface area contributed by atoms with Crippen LogP contribution in [0, 0.1) is 5.92 Å². The predicted molar refractivity (Wildman–Crippen MR) is 74.1 cm³/mol. The van der Waals surface area contributed by atoms with E-state index in [-0.39, 0.29) is 0 Å². The monoisotopic (exact) mass is 357 g/mol. The lowest BCUT2D eigenvalue weighted by Gasteiger charge is -2.15. The second-order valence-corrected chi connectivity index (χ2v) is 8.87. The summed E-state index contributed by atoms with van der Waals surface area (Å²) in [7, 11) is -3.35.